The summed E-state index contributed by atoms with van der Waals surface area (Å²) in [5, 5.41) is 4.02. The van der Waals surface area contributed by atoms with Crippen LogP contribution in [0.15, 0.2) is 71.3 Å². The Labute approximate surface area is 117 Å². The number of rotatable bonds is 5. The zero-order valence-corrected chi connectivity index (χ0v) is 11.0. The van der Waals surface area contributed by atoms with Crippen LogP contribution in [0.2, 0.25) is 0 Å². The molecule has 0 fully saturated rings. The van der Waals surface area contributed by atoms with Gasteiger partial charge in [-0.15, -0.1) is 0 Å². The highest BCUT2D eigenvalue weighted by atomic mass is 16.5. The molecule has 1 heterocycles. The Hall–Kier alpha value is -2.39. The molecule has 0 unspecified atom stereocenters. The number of nitrogens with zero attached hydrogens (tertiary/aromatic N) is 1. The summed E-state index contributed by atoms with van der Waals surface area (Å²) in [5.74, 6) is 0.768. The van der Waals surface area contributed by atoms with E-state index in [1.165, 1.54) is 0 Å². The summed E-state index contributed by atoms with van der Waals surface area (Å²) in [5.41, 5.74) is 2.98. The van der Waals surface area contributed by atoms with Crippen molar-refractivity contribution in [2.75, 3.05) is 0 Å². The first-order chi connectivity index (χ1) is 9.92. The smallest absolute Gasteiger partial charge is 0.167 e. The fraction of sp³-hybridized carbons (Fsp3) is 0.118. The first kappa shape index (κ1) is 12.6. The standard InChI is InChI=1S/C17H15NO2/c1-3-7-14(8-4-1)12-19-13-16-11-17(20-18-16)15-9-5-2-6-10-15/h1-11H,12-13H2. The lowest BCUT2D eigenvalue weighted by atomic mass is 10.2. The molecule has 20 heavy (non-hydrogen) atoms. The van der Waals surface area contributed by atoms with Crippen molar-refractivity contribution in [1.82, 2.24) is 5.16 Å². The van der Waals surface area contributed by atoms with Crippen molar-refractivity contribution in [1.29, 1.82) is 0 Å². The molecular weight excluding hydrogens is 250 g/mol. The van der Waals surface area contributed by atoms with Crippen molar-refractivity contribution in [2.24, 2.45) is 0 Å². The third-order valence-corrected chi connectivity index (χ3v) is 2.98. The summed E-state index contributed by atoms with van der Waals surface area (Å²) >= 11 is 0. The molecule has 0 radical (unpaired) electrons. The highest BCUT2D eigenvalue weighted by molar-refractivity contribution is 5.56. The van der Waals surface area contributed by atoms with Crippen molar-refractivity contribution in [3.8, 4) is 11.3 Å². The molecule has 0 aliphatic carbocycles. The molecule has 0 saturated carbocycles. The second kappa shape index (κ2) is 6.17. The van der Waals surface area contributed by atoms with E-state index in [9.17, 15) is 0 Å². The second-order valence-corrected chi connectivity index (χ2v) is 4.53. The predicted molar refractivity (Wildman–Crippen MR) is 76.9 cm³/mol. The topological polar surface area (TPSA) is 35.3 Å². The molecule has 0 bridgehead atoms. The van der Waals surface area contributed by atoms with E-state index < -0.39 is 0 Å². The third kappa shape index (κ3) is 3.13. The van der Waals surface area contributed by atoms with Gasteiger partial charge in [-0.2, -0.15) is 0 Å². The largest absolute Gasteiger partial charge is 0.370 e. The monoisotopic (exact) mass is 265 g/mol. The minimum Gasteiger partial charge on any atom is -0.370 e. The summed E-state index contributed by atoms with van der Waals surface area (Å²) in [6, 6.07) is 21.9. The van der Waals surface area contributed by atoms with E-state index in [1.807, 2.05) is 66.7 Å². The molecule has 0 aliphatic rings. The van der Waals surface area contributed by atoms with Gasteiger partial charge in [0.2, 0.25) is 0 Å². The van der Waals surface area contributed by atoms with E-state index >= 15 is 0 Å². The molecule has 3 nitrogen and oxygen atoms in total. The Balaban J connectivity index is 1.58. The fourth-order valence-electron chi connectivity index (χ4n) is 1.97. The number of ether oxygens (including phenoxy) is 1. The van der Waals surface area contributed by atoms with Gasteiger partial charge in [-0.25, -0.2) is 0 Å². The Morgan fingerprint density at radius 2 is 1.55 bits per heavy atom. The molecule has 3 heteroatoms. The summed E-state index contributed by atoms with van der Waals surface area (Å²) in [6.07, 6.45) is 0. The van der Waals surface area contributed by atoms with Crippen LogP contribution in [0.3, 0.4) is 0 Å². The van der Waals surface area contributed by atoms with Gasteiger partial charge in [0.15, 0.2) is 5.76 Å². The SMILES string of the molecule is c1ccc(COCc2cc(-c3ccccc3)on2)cc1. The molecule has 0 saturated heterocycles. The van der Waals surface area contributed by atoms with Crippen LogP contribution in [0, 0.1) is 0 Å². The number of aromatic nitrogens is 1. The van der Waals surface area contributed by atoms with Crippen LogP contribution in [0.25, 0.3) is 11.3 Å². The highest BCUT2D eigenvalue weighted by Gasteiger charge is 2.06. The average Bonchev–Trinajstić information content (AvgIpc) is 2.98. The molecule has 0 aliphatic heterocycles. The maximum absolute atomic E-state index is 5.63. The van der Waals surface area contributed by atoms with Crippen LogP contribution in [0.5, 0.6) is 0 Å². The summed E-state index contributed by atoms with van der Waals surface area (Å²) in [7, 11) is 0. The van der Waals surface area contributed by atoms with Gasteiger partial charge in [0.1, 0.15) is 5.69 Å². The lowest BCUT2D eigenvalue weighted by Gasteiger charge is -2.01. The predicted octanol–water partition coefficient (Wildman–Crippen LogP) is 4.06. The maximum Gasteiger partial charge on any atom is 0.167 e. The lowest BCUT2D eigenvalue weighted by Crippen LogP contribution is -1.93. The highest BCUT2D eigenvalue weighted by Crippen LogP contribution is 2.20. The van der Waals surface area contributed by atoms with Crippen LogP contribution < -0.4 is 0 Å². The molecular formula is C17H15NO2. The number of hydrogen-bond donors (Lipinski definition) is 0. The van der Waals surface area contributed by atoms with E-state index in [0.29, 0.717) is 13.2 Å². The average molecular weight is 265 g/mol. The van der Waals surface area contributed by atoms with Crippen LogP contribution in [-0.4, -0.2) is 5.16 Å². The van der Waals surface area contributed by atoms with E-state index in [4.69, 9.17) is 9.26 Å². The van der Waals surface area contributed by atoms with Crippen LogP contribution in [-0.2, 0) is 18.0 Å². The van der Waals surface area contributed by atoms with Gasteiger partial charge in [-0.3, -0.25) is 0 Å². The normalized spacial score (nSPS) is 10.6. The summed E-state index contributed by atoms with van der Waals surface area (Å²) < 4.78 is 11.0. The molecule has 0 amide bonds. The van der Waals surface area contributed by atoms with Crippen molar-refractivity contribution in [3.05, 3.63) is 78.0 Å². The van der Waals surface area contributed by atoms with E-state index in [0.717, 1.165) is 22.6 Å². The molecule has 3 rings (SSSR count). The zero-order valence-electron chi connectivity index (χ0n) is 11.0. The molecule has 100 valence electrons. The van der Waals surface area contributed by atoms with Crippen LogP contribution >= 0.6 is 0 Å². The van der Waals surface area contributed by atoms with Crippen molar-refractivity contribution in [3.63, 3.8) is 0 Å². The lowest BCUT2D eigenvalue weighted by molar-refractivity contribution is 0.102. The Kier molecular flexibility index (Phi) is 3.90. The van der Waals surface area contributed by atoms with E-state index in [-0.39, 0.29) is 0 Å². The second-order valence-electron chi connectivity index (χ2n) is 4.53. The van der Waals surface area contributed by atoms with Gasteiger partial charge < -0.3 is 9.26 Å². The molecule has 0 atom stereocenters. The minimum atomic E-state index is 0.450. The molecule has 2 aromatic carbocycles. The fourth-order valence-corrected chi connectivity index (χ4v) is 1.97. The van der Waals surface area contributed by atoms with Gasteiger partial charge in [0, 0.05) is 11.6 Å². The van der Waals surface area contributed by atoms with Crippen molar-refractivity contribution >= 4 is 0 Å². The Morgan fingerprint density at radius 3 is 2.30 bits per heavy atom. The molecule has 0 N–H and O–H groups in total. The molecule has 1 aromatic heterocycles. The van der Waals surface area contributed by atoms with Crippen LogP contribution in [0.1, 0.15) is 11.3 Å². The first-order valence-electron chi connectivity index (χ1n) is 6.54. The minimum absolute atomic E-state index is 0.450. The summed E-state index contributed by atoms with van der Waals surface area (Å²) in [6.45, 7) is 1.03. The van der Waals surface area contributed by atoms with Gasteiger partial charge in [-0.1, -0.05) is 65.8 Å². The molecule has 0 spiro atoms. The number of hydrogen-bond acceptors (Lipinski definition) is 3. The van der Waals surface area contributed by atoms with Gasteiger partial charge >= 0.3 is 0 Å². The number of benzene rings is 2. The summed E-state index contributed by atoms with van der Waals surface area (Å²) in [4.78, 5) is 0. The van der Waals surface area contributed by atoms with E-state index in [1.54, 1.807) is 0 Å². The Bertz CT molecular complexity index is 647. The van der Waals surface area contributed by atoms with Gasteiger partial charge in [0.25, 0.3) is 0 Å². The Morgan fingerprint density at radius 1 is 0.850 bits per heavy atom. The van der Waals surface area contributed by atoms with Crippen LogP contribution in [0.4, 0.5) is 0 Å². The maximum atomic E-state index is 5.63. The third-order valence-electron chi connectivity index (χ3n) is 2.98. The first-order valence-corrected chi connectivity index (χ1v) is 6.54. The van der Waals surface area contributed by atoms with E-state index in [2.05, 4.69) is 5.16 Å². The van der Waals surface area contributed by atoms with Crippen molar-refractivity contribution in [2.45, 2.75) is 13.2 Å². The van der Waals surface area contributed by atoms with Gasteiger partial charge in [0.05, 0.1) is 13.2 Å². The van der Waals surface area contributed by atoms with Crippen molar-refractivity contribution < 1.29 is 9.26 Å². The molecule has 3 aromatic rings. The van der Waals surface area contributed by atoms with Gasteiger partial charge in [-0.05, 0) is 5.56 Å². The quantitative estimate of drug-likeness (QED) is 0.698. The zero-order chi connectivity index (χ0) is 13.6.